The first-order chi connectivity index (χ1) is 4.20. The molecular weight excluding hydrogens is 178 g/mol. The molecular formula is C6H5Cl3. The molecule has 1 rings (SSSR count). The van der Waals surface area contributed by atoms with Gasteiger partial charge < -0.3 is 0 Å². The summed E-state index contributed by atoms with van der Waals surface area (Å²) in [7, 11) is 0. The average Bonchev–Trinajstić information content (AvgIpc) is 1.80. The Bertz CT molecular complexity index is 169. The molecule has 1 atom stereocenters. The van der Waals surface area contributed by atoms with Crippen LogP contribution in [0.15, 0.2) is 22.2 Å². The van der Waals surface area contributed by atoms with Crippen molar-refractivity contribution in [3.8, 4) is 0 Å². The summed E-state index contributed by atoms with van der Waals surface area (Å²) in [4.78, 5) is 0. The van der Waals surface area contributed by atoms with Crippen LogP contribution in [0.3, 0.4) is 0 Å². The zero-order valence-electron chi connectivity index (χ0n) is 4.57. The van der Waals surface area contributed by atoms with E-state index in [9.17, 15) is 0 Å². The van der Waals surface area contributed by atoms with Gasteiger partial charge in [0.05, 0.1) is 5.38 Å². The quantitative estimate of drug-likeness (QED) is 0.506. The van der Waals surface area contributed by atoms with Gasteiger partial charge >= 0.3 is 0 Å². The minimum absolute atomic E-state index is 0.121. The van der Waals surface area contributed by atoms with Gasteiger partial charge in [0, 0.05) is 16.5 Å². The fourth-order valence-electron chi connectivity index (χ4n) is 0.611. The van der Waals surface area contributed by atoms with Crippen molar-refractivity contribution in [2.75, 3.05) is 0 Å². The Morgan fingerprint density at radius 1 is 1.33 bits per heavy atom. The minimum atomic E-state index is -0.121. The van der Waals surface area contributed by atoms with Crippen molar-refractivity contribution in [3.63, 3.8) is 0 Å². The second-order valence-electron chi connectivity index (χ2n) is 1.84. The first-order valence-electron chi connectivity index (χ1n) is 2.56. The second kappa shape index (κ2) is 2.96. The molecule has 0 aromatic heterocycles. The summed E-state index contributed by atoms with van der Waals surface area (Å²) >= 11 is 17.0. The lowest BCUT2D eigenvalue weighted by atomic mass is 10.2. The maximum Gasteiger partial charge on any atom is 0.0741 e. The van der Waals surface area contributed by atoms with Crippen LogP contribution in [-0.4, -0.2) is 5.38 Å². The van der Waals surface area contributed by atoms with Crippen molar-refractivity contribution in [1.82, 2.24) is 0 Å². The zero-order chi connectivity index (χ0) is 6.85. The fraction of sp³-hybridized carbons (Fsp3) is 0.333. The molecule has 50 valence electrons. The number of rotatable bonds is 0. The van der Waals surface area contributed by atoms with E-state index in [1.807, 2.05) is 0 Å². The summed E-state index contributed by atoms with van der Waals surface area (Å²) in [5.74, 6) is 0. The van der Waals surface area contributed by atoms with Crippen LogP contribution in [0.4, 0.5) is 0 Å². The fourth-order valence-corrected chi connectivity index (χ4v) is 1.29. The third kappa shape index (κ3) is 1.89. The van der Waals surface area contributed by atoms with Crippen LogP contribution in [0.2, 0.25) is 0 Å². The van der Waals surface area contributed by atoms with Crippen LogP contribution in [0.1, 0.15) is 6.42 Å². The smallest absolute Gasteiger partial charge is 0.0741 e. The van der Waals surface area contributed by atoms with Gasteiger partial charge in [0.15, 0.2) is 0 Å². The van der Waals surface area contributed by atoms with Gasteiger partial charge in [-0.3, -0.25) is 0 Å². The van der Waals surface area contributed by atoms with Crippen LogP contribution in [0.5, 0.6) is 0 Å². The molecule has 1 unspecified atom stereocenters. The normalized spacial score (nSPS) is 27.2. The van der Waals surface area contributed by atoms with Crippen LogP contribution in [0, 0.1) is 0 Å². The molecule has 0 saturated carbocycles. The van der Waals surface area contributed by atoms with Crippen LogP contribution < -0.4 is 0 Å². The number of halogens is 3. The molecule has 0 heterocycles. The van der Waals surface area contributed by atoms with Gasteiger partial charge in [0.1, 0.15) is 0 Å². The molecule has 0 aromatic carbocycles. The average molecular weight is 183 g/mol. The van der Waals surface area contributed by atoms with E-state index in [0.29, 0.717) is 11.5 Å². The molecule has 9 heavy (non-hydrogen) atoms. The van der Waals surface area contributed by atoms with E-state index in [0.717, 1.165) is 5.03 Å². The third-order valence-electron chi connectivity index (χ3n) is 1.10. The molecule has 3 heteroatoms. The molecule has 0 amide bonds. The van der Waals surface area contributed by atoms with Gasteiger partial charge in [-0.2, -0.15) is 0 Å². The van der Waals surface area contributed by atoms with E-state index >= 15 is 0 Å². The van der Waals surface area contributed by atoms with Crippen LogP contribution in [-0.2, 0) is 0 Å². The van der Waals surface area contributed by atoms with E-state index in [1.165, 1.54) is 0 Å². The van der Waals surface area contributed by atoms with Crippen molar-refractivity contribution in [1.29, 1.82) is 0 Å². The molecule has 0 spiro atoms. The molecule has 1 aliphatic rings. The molecule has 0 nitrogen and oxygen atoms in total. The Kier molecular flexibility index (Phi) is 2.45. The minimum Gasteiger partial charge on any atom is -0.116 e. The van der Waals surface area contributed by atoms with Crippen molar-refractivity contribution in [2.45, 2.75) is 11.8 Å². The van der Waals surface area contributed by atoms with Crippen molar-refractivity contribution >= 4 is 34.8 Å². The van der Waals surface area contributed by atoms with Gasteiger partial charge in [-0.05, 0) is 12.2 Å². The largest absolute Gasteiger partial charge is 0.116 e. The predicted molar refractivity (Wildman–Crippen MR) is 42.1 cm³/mol. The first-order valence-corrected chi connectivity index (χ1v) is 3.75. The lowest BCUT2D eigenvalue weighted by Gasteiger charge is -2.10. The highest BCUT2D eigenvalue weighted by atomic mass is 35.5. The van der Waals surface area contributed by atoms with Crippen LogP contribution >= 0.6 is 34.8 Å². The number of allylic oxidation sites excluding steroid dienone is 4. The summed E-state index contributed by atoms with van der Waals surface area (Å²) in [5.41, 5.74) is 0. The summed E-state index contributed by atoms with van der Waals surface area (Å²) in [6.07, 6.45) is 4.15. The molecule has 1 aliphatic carbocycles. The third-order valence-corrected chi connectivity index (χ3v) is 2.27. The number of hydrogen-bond donors (Lipinski definition) is 0. The highest BCUT2D eigenvalue weighted by molar-refractivity contribution is 6.39. The van der Waals surface area contributed by atoms with Gasteiger partial charge in [0.2, 0.25) is 0 Å². The Hall–Kier alpha value is 0.350. The maximum absolute atomic E-state index is 5.74. The standard InChI is InChI=1S/C6H5Cl3/c7-4-1-2-5(8)6(9)3-4/h1-2,6H,3H2. The molecule has 0 aromatic rings. The second-order valence-corrected chi connectivity index (χ2v) is 3.29. The van der Waals surface area contributed by atoms with Gasteiger partial charge in [-0.25, -0.2) is 0 Å². The van der Waals surface area contributed by atoms with E-state index < -0.39 is 0 Å². The Labute approximate surface area is 69.1 Å². The Balaban J connectivity index is 2.74. The number of alkyl halides is 1. The first kappa shape index (κ1) is 7.46. The molecule has 0 N–H and O–H groups in total. The van der Waals surface area contributed by atoms with Crippen molar-refractivity contribution in [2.24, 2.45) is 0 Å². The van der Waals surface area contributed by atoms with E-state index in [4.69, 9.17) is 34.8 Å². The Morgan fingerprint density at radius 3 is 2.44 bits per heavy atom. The summed E-state index contributed by atoms with van der Waals surface area (Å²) in [6, 6.07) is 0. The Morgan fingerprint density at radius 2 is 2.00 bits per heavy atom. The summed E-state index contributed by atoms with van der Waals surface area (Å²) in [5, 5.41) is 1.31. The zero-order valence-corrected chi connectivity index (χ0v) is 6.84. The molecule has 0 radical (unpaired) electrons. The highest BCUT2D eigenvalue weighted by Crippen LogP contribution is 2.27. The SMILES string of the molecule is ClC1=CC=C(Cl)C(Cl)C1. The van der Waals surface area contributed by atoms with E-state index in [-0.39, 0.29) is 5.38 Å². The molecule has 0 fully saturated rings. The van der Waals surface area contributed by atoms with Gasteiger partial charge in [0.25, 0.3) is 0 Å². The lowest BCUT2D eigenvalue weighted by molar-refractivity contribution is 1.01. The van der Waals surface area contributed by atoms with Crippen molar-refractivity contribution in [3.05, 3.63) is 22.2 Å². The van der Waals surface area contributed by atoms with Gasteiger partial charge in [-0.1, -0.05) is 23.2 Å². The van der Waals surface area contributed by atoms with E-state index in [2.05, 4.69) is 0 Å². The topological polar surface area (TPSA) is 0 Å². The molecule has 0 bridgehead atoms. The maximum atomic E-state index is 5.74. The lowest BCUT2D eigenvalue weighted by Crippen LogP contribution is -2.01. The van der Waals surface area contributed by atoms with Crippen molar-refractivity contribution < 1.29 is 0 Å². The predicted octanol–water partition coefficient (Wildman–Crippen LogP) is 3.24. The number of hydrogen-bond acceptors (Lipinski definition) is 0. The van der Waals surface area contributed by atoms with E-state index in [1.54, 1.807) is 12.2 Å². The summed E-state index contributed by atoms with van der Waals surface area (Å²) < 4.78 is 0. The highest BCUT2D eigenvalue weighted by Gasteiger charge is 2.13. The van der Waals surface area contributed by atoms with Gasteiger partial charge in [-0.15, -0.1) is 11.6 Å². The molecule has 0 saturated heterocycles. The summed E-state index contributed by atoms with van der Waals surface area (Å²) in [6.45, 7) is 0. The molecule has 0 aliphatic heterocycles. The van der Waals surface area contributed by atoms with Crippen LogP contribution in [0.25, 0.3) is 0 Å². The monoisotopic (exact) mass is 182 g/mol.